The number of nitrogens with zero attached hydrogens (tertiary/aromatic N) is 2. The van der Waals surface area contributed by atoms with Crippen LogP contribution in [0.1, 0.15) is 22.3 Å². The fraction of sp³-hybridized carbons (Fsp3) is 0.200. The summed E-state index contributed by atoms with van der Waals surface area (Å²) < 4.78 is 38.3. The quantitative estimate of drug-likeness (QED) is 0.895. The maximum atomic E-state index is 12.8. The van der Waals surface area contributed by atoms with E-state index in [-0.39, 0.29) is 11.5 Å². The lowest BCUT2D eigenvalue weighted by atomic mass is 10.1. The van der Waals surface area contributed by atoms with Crippen molar-refractivity contribution >= 4 is 11.5 Å². The van der Waals surface area contributed by atoms with Gasteiger partial charge in [-0.15, -0.1) is 0 Å². The van der Waals surface area contributed by atoms with Crippen molar-refractivity contribution in [2.45, 2.75) is 20.0 Å². The molecule has 0 radical (unpaired) electrons. The number of benzene rings is 1. The van der Waals surface area contributed by atoms with Crippen LogP contribution >= 0.6 is 0 Å². The molecule has 2 aromatic rings. The van der Waals surface area contributed by atoms with Crippen LogP contribution in [-0.2, 0) is 6.18 Å². The summed E-state index contributed by atoms with van der Waals surface area (Å²) in [6, 6.07) is 7.09. The van der Waals surface area contributed by atoms with Crippen LogP contribution in [-0.4, -0.2) is 4.98 Å². The number of halogens is 3. The van der Waals surface area contributed by atoms with Gasteiger partial charge in [-0.25, -0.2) is 4.98 Å². The number of alkyl halides is 3. The number of anilines is 2. The minimum Gasteiger partial charge on any atom is -0.339 e. The number of nitrogens with one attached hydrogen (secondary N) is 1. The van der Waals surface area contributed by atoms with E-state index in [1.165, 1.54) is 12.3 Å². The third kappa shape index (κ3) is 3.14. The Morgan fingerprint density at radius 1 is 1.14 bits per heavy atom. The van der Waals surface area contributed by atoms with Crippen molar-refractivity contribution in [2.75, 3.05) is 5.32 Å². The molecule has 0 saturated heterocycles. The summed E-state index contributed by atoms with van der Waals surface area (Å²) in [5, 5.41) is 11.9. The maximum Gasteiger partial charge on any atom is 0.416 e. The largest absolute Gasteiger partial charge is 0.416 e. The van der Waals surface area contributed by atoms with E-state index in [0.717, 1.165) is 12.1 Å². The first-order chi connectivity index (χ1) is 9.82. The van der Waals surface area contributed by atoms with E-state index in [1.807, 2.05) is 6.07 Å². The van der Waals surface area contributed by atoms with Crippen molar-refractivity contribution in [3.63, 3.8) is 0 Å². The van der Waals surface area contributed by atoms with Crippen LogP contribution in [0.25, 0.3) is 0 Å². The van der Waals surface area contributed by atoms with Gasteiger partial charge in [0.1, 0.15) is 11.9 Å². The predicted octanol–water partition coefficient (Wildman–Crippen LogP) is 4.33. The van der Waals surface area contributed by atoms with Crippen LogP contribution in [0.5, 0.6) is 0 Å². The first-order valence-electron chi connectivity index (χ1n) is 6.13. The molecule has 21 heavy (non-hydrogen) atoms. The molecule has 1 heterocycles. The number of nitriles is 1. The van der Waals surface area contributed by atoms with Gasteiger partial charge >= 0.3 is 6.18 Å². The molecule has 1 aromatic heterocycles. The van der Waals surface area contributed by atoms with Gasteiger partial charge in [0.05, 0.1) is 11.1 Å². The van der Waals surface area contributed by atoms with Crippen LogP contribution in [0.2, 0.25) is 0 Å². The van der Waals surface area contributed by atoms with E-state index < -0.39 is 11.7 Å². The highest BCUT2D eigenvalue weighted by atomic mass is 19.4. The van der Waals surface area contributed by atoms with Gasteiger partial charge in [0, 0.05) is 11.9 Å². The van der Waals surface area contributed by atoms with Gasteiger partial charge < -0.3 is 5.32 Å². The molecule has 0 bridgehead atoms. The van der Waals surface area contributed by atoms with Crippen molar-refractivity contribution in [3.8, 4) is 6.07 Å². The SMILES string of the molecule is Cc1ccc(C(F)(F)F)cc1Nc1nccc(C)c1C#N. The minimum atomic E-state index is -4.41. The zero-order chi connectivity index (χ0) is 15.6. The first-order valence-corrected chi connectivity index (χ1v) is 6.13. The van der Waals surface area contributed by atoms with Crippen molar-refractivity contribution in [1.29, 1.82) is 5.26 Å². The van der Waals surface area contributed by atoms with Gasteiger partial charge in [-0.3, -0.25) is 0 Å². The third-order valence-corrected chi connectivity index (χ3v) is 3.09. The summed E-state index contributed by atoms with van der Waals surface area (Å²) in [5.41, 5.74) is 1.19. The summed E-state index contributed by atoms with van der Waals surface area (Å²) in [5.74, 6) is 0.250. The number of rotatable bonds is 2. The number of aryl methyl sites for hydroxylation is 2. The lowest BCUT2D eigenvalue weighted by Crippen LogP contribution is -2.07. The molecule has 1 N–H and O–H groups in total. The van der Waals surface area contributed by atoms with Crippen molar-refractivity contribution < 1.29 is 13.2 Å². The van der Waals surface area contributed by atoms with Gasteiger partial charge in [0.2, 0.25) is 0 Å². The maximum absolute atomic E-state index is 12.8. The summed E-state index contributed by atoms with van der Waals surface area (Å²) in [7, 11) is 0. The Labute approximate surface area is 120 Å². The molecule has 0 atom stereocenters. The van der Waals surface area contributed by atoms with Crippen LogP contribution in [0, 0.1) is 25.2 Å². The smallest absolute Gasteiger partial charge is 0.339 e. The standard InChI is InChI=1S/C15H12F3N3/c1-9-5-6-20-14(12(9)8-19)21-13-7-11(15(16,17)18)4-3-10(13)2/h3-7H,1-2H3,(H,20,21). The molecular weight excluding hydrogens is 279 g/mol. The van der Waals surface area contributed by atoms with Crippen molar-refractivity contribution in [2.24, 2.45) is 0 Å². The molecule has 0 aliphatic rings. The first kappa shape index (κ1) is 14.9. The molecule has 0 spiro atoms. The van der Waals surface area contributed by atoms with Gasteiger partial charge in [-0.1, -0.05) is 6.07 Å². The van der Waals surface area contributed by atoms with Gasteiger partial charge in [-0.05, 0) is 43.2 Å². The van der Waals surface area contributed by atoms with Crippen molar-refractivity contribution in [3.05, 3.63) is 52.7 Å². The Bertz CT molecular complexity index is 715. The lowest BCUT2D eigenvalue weighted by molar-refractivity contribution is -0.137. The molecule has 2 rings (SSSR count). The van der Waals surface area contributed by atoms with Gasteiger partial charge in [0.25, 0.3) is 0 Å². The van der Waals surface area contributed by atoms with E-state index in [4.69, 9.17) is 5.26 Å². The molecule has 0 aliphatic carbocycles. The summed E-state index contributed by atoms with van der Waals surface area (Å²) in [6.45, 7) is 3.43. The van der Waals surface area contributed by atoms with Crippen LogP contribution in [0.15, 0.2) is 30.5 Å². The molecule has 0 fully saturated rings. The highest BCUT2D eigenvalue weighted by Crippen LogP contribution is 2.33. The molecular formula is C15H12F3N3. The second kappa shape index (κ2) is 5.44. The van der Waals surface area contributed by atoms with Crippen LogP contribution < -0.4 is 5.32 Å². The predicted molar refractivity (Wildman–Crippen MR) is 73.2 cm³/mol. The third-order valence-electron chi connectivity index (χ3n) is 3.09. The normalized spacial score (nSPS) is 11.0. The number of pyridine rings is 1. The molecule has 0 amide bonds. The van der Waals surface area contributed by atoms with Crippen LogP contribution in [0.4, 0.5) is 24.7 Å². The molecule has 0 unspecified atom stereocenters. The Balaban J connectivity index is 2.46. The lowest BCUT2D eigenvalue weighted by Gasteiger charge is -2.14. The molecule has 3 nitrogen and oxygen atoms in total. The monoisotopic (exact) mass is 291 g/mol. The van der Waals surface area contributed by atoms with Gasteiger partial charge in [0.15, 0.2) is 0 Å². The average Bonchev–Trinajstić information content (AvgIpc) is 2.40. The zero-order valence-electron chi connectivity index (χ0n) is 11.4. The number of aromatic nitrogens is 1. The molecule has 0 saturated carbocycles. The second-order valence-corrected chi connectivity index (χ2v) is 4.62. The molecule has 1 aromatic carbocycles. The van der Waals surface area contributed by atoms with Crippen molar-refractivity contribution in [1.82, 2.24) is 4.98 Å². The summed E-state index contributed by atoms with van der Waals surface area (Å²) in [6.07, 6.45) is -2.91. The minimum absolute atomic E-state index is 0.250. The fourth-order valence-corrected chi connectivity index (χ4v) is 1.85. The Hall–Kier alpha value is -2.55. The topological polar surface area (TPSA) is 48.7 Å². The zero-order valence-corrected chi connectivity index (χ0v) is 11.4. The Kier molecular flexibility index (Phi) is 3.85. The van der Waals surface area contributed by atoms with E-state index in [9.17, 15) is 13.2 Å². The highest BCUT2D eigenvalue weighted by Gasteiger charge is 2.30. The summed E-state index contributed by atoms with van der Waals surface area (Å²) in [4.78, 5) is 4.02. The van der Waals surface area contributed by atoms with E-state index in [2.05, 4.69) is 10.3 Å². The Morgan fingerprint density at radius 3 is 2.48 bits per heavy atom. The number of hydrogen-bond acceptors (Lipinski definition) is 3. The van der Waals surface area contributed by atoms with Crippen LogP contribution in [0.3, 0.4) is 0 Å². The second-order valence-electron chi connectivity index (χ2n) is 4.62. The van der Waals surface area contributed by atoms with Gasteiger partial charge in [-0.2, -0.15) is 18.4 Å². The van der Waals surface area contributed by atoms with E-state index in [1.54, 1.807) is 19.9 Å². The fourth-order valence-electron chi connectivity index (χ4n) is 1.85. The summed E-state index contributed by atoms with van der Waals surface area (Å²) >= 11 is 0. The molecule has 6 heteroatoms. The van der Waals surface area contributed by atoms with E-state index in [0.29, 0.717) is 16.7 Å². The average molecular weight is 291 g/mol. The van der Waals surface area contributed by atoms with E-state index >= 15 is 0 Å². The molecule has 108 valence electrons. The molecule has 0 aliphatic heterocycles. The highest BCUT2D eigenvalue weighted by molar-refractivity contribution is 5.67. The number of hydrogen-bond donors (Lipinski definition) is 1. The Morgan fingerprint density at radius 2 is 1.86 bits per heavy atom.